The molecule has 0 unspecified atom stereocenters. The molecule has 0 bridgehead atoms. The van der Waals surface area contributed by atoms with E-state index >= 15 is 0 Å². The molecule has 0 radical (unpaired) electrons. The predicted molar refractivity (Wildman–Crippen MR) is 89.0 cm³/mol. The summed E-state index contributed by atoms with van der Waals surface area (Å²) in [7, 11) is 1.66. The smallest absolute Gasteiger partial charge is 0.134 e. The molecule has 0 aliphatic rings. The van der Waals surface area contributed by atoms with Gasteiger partial charge in [0.15, 0.2) is 0 Å². The molecule has 3 rings (SSSR count). The van der Waals surface area contributed by atoms with Gasteiger partial charge in [0.05, 0.1) is 11.6 Å². The van der Waals surface area contributed by atoms with Gasteiger partial charge in [-0.05, 0) is 47.1 Å². The number of fused-ring (bicyclic) bond motifs is 1. The summed E-state index contributed by atoms with van der Waals surface area (Å²) in [5.41, 5.74) is 3.16. The zero-order chi connectivity index (χ0) is 14.8. The van der Waals surface area contributed by atoms with Gasteiger partial charge < -0.3 is 14.5 Å². The summed E-state index contributed by atoms with van der Waals surface area (Å²) in [4.78, 5) is 0. The van der Waals surface area contributed by atoms with Crippen LogP contribution >= 0.6 is 15.9 Å². The van der Waals surface area contributed by atoms with Crippen molar-refractivity contribution < 1.29 is 9.15 Å². The van der Waals surface area contributed by atoms with E-state index in [4.69, 9.17) is 9.15 Å². The van der Waals surface area contributed by atoms with Crippen LogP contribution in [0.5, 0.6) is 5.75 Å². The molecule has 2 aromatic carbocycles. The maximum absolute atomic E-state index is 5.78. The van der Waals surface area contributed by atoms with Gasteiger partial charge in [-0.1, -0.05) is 18.2 Å². The van der Waals surface area contributed by atoms with Gasteiger partial charge in [-0.3, -0.25) is 0 Å². The van der Waals surface area contributed by atoms with Crippen LogP contribution in [0.2, 0.25) is 0 Å². The van der Waals surface area contributed by atoms with Crippen LogP contribution < -0.4 is 10.1 Å². The first-order chi connectivity index (χ1) is 10.2. The van der Waals surface area contributed by atoms with Crippen LogP contribution in [-0.2, 0) is 6.54 Å². The van der Waals surface area contributed by atoms with E-state index in [-0.39, 0.29) is 0 Å². The van der Waals surface area contributed by atoms with Crippen molar-refractivity contribution in [1.82, 2.24) is 0 Å². The van der Waals surface area contributed by atoms with Crippen LogP contribution in [0.1, 0.15) is 11.3 Å². The second-order valence-electron chi connectivity index (χ2n) is 4.84. The summed E-state index contributed by atoms with van der Waals surface area (Å²) >= 11 is 3.50. The molecule has 21 heavy (non-hydrogen) atoms. The fraction of sp³-hybridized carbons (Fsp3) is 0.176. The van der Waals surface area contributed by atoms with Crippen molar-refractivity contribution in [3.63, 3.8) is 0 Å². The number of hydrogen-bond donors (Lipinski definition) is 1. The third kappa shape index (κ3) is 2.76. The number of methoxy groups -OCH3 is 1. The molecule has 0 fully saturated rings. The van der Waals surface area contributed by atoms with Crippen LogP contribution in [0, 0.1) is 6.92 Å². The van der Waals surface area contributed by atoms with Crippen molar-refractivity contribution in [2.45, 2.75) is 13.5 Å². The van der Waals surface area contributed by atoms with Crippen LogP contribution in [0.25, 0.3) is 11.0 Å². The maximum atomic E-state index is 5.78. The lowest BCUT2D eigenvalue weighted by molar-refractivity contribution is 0.412. The average molecular weight is 346 g/mol. The van der Waals surface area contributed by atoms with E-state index in [1.807, 2.05) is 43.3 Å². The maximum Gasteiger partial charge on any atom is 0.134 e. The molecule has 3 aromatic rings. The van der Waals surface area contributed by atoms with E-state index in [0.717, 1.165) is 39.2 Å². The standard InChI is InChI=1S/C17H16BrNO2/c1-11-14(13-5-3-4-6-16(13)21-11)10-19-12-7-8-17(20-2)15(18)9-12/h3-9,19H,10H2,1-2H3. The van der Waals surface area contributed by atoms with Gasteiger partial charge in [-0.2, -0.15) is 0 Å². The quantitative estimate of drug-likeness (QED) is 0.712. The number of para-hydroxylation sites is 1. The van der Waals surface area contributed by atoms with Crippen molar-refractivity contribution >= 4 is 32.6 Å². The Balaban J connectivity index is 1.83. The zero-order valence-electron chi connectivity index (χ0n) is 11.9. The summed E-state index contributed by atoms with van der Waals surface area (Å²) in [6, 6.07) is 14.1. The molecule has 0 aliphatic heterocycles. The number of halogens is 1. The van der Waals surface area contributed by atoms with Crippen LogP contribution in [-0.4, -0.2) is 7.11 Å². The fourth-order valence-corrected chi connectivity index (χ4v) is 2.95. The highest BCUT2D eigenvalue weighted by Crippen LogP contribution is 2.29. The van der Waals surface area contributed by atoms with E-state index in [9.17, 15) is 0 Å². The molecule has 1 heterocycles. The minimum absolute atomic E-state index is 0.724. The summed E-state index contributed by atoms with van der Waals surface area (Å²) in [5, 5.41) is 4.59. The summed E-state index contributed by atoms with van der Waals surface area (Å²) in [6.45, 7) is 2.72. The Bertz CT molecular complexity index is 780. The Morgan fingerprint density at radius 2 is 2.00 bits per heavy atom. The monoisotopic (exact) mass is 345 g/mol. The molecule has 4 heteroatoms. The third-order valence-corrected chi connectivity index (χ3v) is 4.14. The highest BCUT2D eigenvalue weighted by atomic mass is 79.9. The van der Waals surface area contributed by atoms with Crippen LogP contribution in [0.4, 0.5) is 5.69 Å². The molecule has 0 saturated heterocycles. The van der Waals surface area contributed by atoms with Crippen molar-refractivity contribution in [3.8, 4) is 5.75 Å². The molecule has 1 aromatic heterocycles. The molecular formula is C17H16BrNO2. The van der Waals surface area contributed by atoms with Gasteiger partial charge in [-0.25, -0.2) is 0 Å². The largest absolute Gasteiger partial charge is 0.496 e. The highest BCUT2D eigenvalue weighted by molar-refractivity contribution is 9.10. The number of furan rings is 1. The van der Waals surface area contributed by atoms with Gasteiger partial charge in [0, 0.05) is 23.2 Å². The van der Waals surface area contributed by atoms with Crippen LogP contribution in [0.15, 0.2) is 51.4 Å². The lowest BCUT2D eigenvalue weighted by atomic mass is 10.1. The van der Waals surface area contributed by atoms with E-state index in [1.165, 1.54) is 5.56 Å². The minimum atomic E-state index is 0.724. The highest BCUT2D eigenvalue weighted by Gasteiger charge is 2.10. The number of hydrogen-bond acceptors (Lipinski definition) is 3. The second kappa shape index (κ2) is 5.82. The first kappa shape index (κ1) is 14.0. The Morgan fingerprint density at radius 1 is 1.19 bits per heavy atom. The normalized spacial score (nSPS) is 10.8. The number of anilines is 1. The lowest BCUT2D eigenvalue weighted by Gasteiger charge is -2.09. The first-order valence-electron chi connectivity index (χ1n) is 6.73. The molecule has 0 atom stereocenters. The first-order valence-corrected chi connectivity index (χ1v) is 7.53. The summed E-state index contributed by atoms with van der Waals surface area (Å²) in [5.74, 6) is 1.78. The SMILES string of the molecule is COc1ccc(NCc2c(C)oc3ccccc23)cc1Br. The molecule has 0 spiro atoms. The number of rotatable bonds is 4. The van der Waals surface area contributed by atoms with E-state index in [1.54, 1.807) is 7.11 Å². The molecule has 1 N–H and O–H groups in total. The minimum Gasteiger partial charge on any atom is -0.496 e. The molecule has 0 amide bonds. The molecule has 0 saturated carbocycles. The van der Waals surface area contributed by atoms with Crippen molar-refractivity contribution in [3.05, 3.63) is 58.3 Å². The molecular weight excluding hydrogens is 330 g/mol. The van der Waals surface area contributed by atoms with Gasteiger partial charge >= 0.3 is 0 Å². The van der Waals surface area contributed by atoms with Gasteiger partial charge in [-0.15, -0.1) is 0 Å². The average Bonchev–Trinajstić information content (AvgIpc) is 2.81. The Labute approximate surface area is 132 Å². The number of nitrogens with one attached hydrogen (secondary N) is 1. The number of benzene rings is 2. The Kier molecular flexibility index (Phi) is 3.88. The number of aryl methyl sites for hydroxylation is 1. The van der Waals surface area contributed by atoms with E-state index < -0.39 is 0 Å². The summed E-state index contributed by atoms with van der Waals surface area (Å²) in [6.07, 6.45) is 0. The third-order valence-electron chi connectivity index (χ3n) is 3.52. The molecule has 3 nitrogen and oxygen atoms in total. The Morgan fingerprint density at radius 3 is 2.76 bits per heavy atom. The topological polar surface area (TPSA) is 34.4 Å². The predicted octanol–water partition coefficient (Wildman–Crippen LogP) is 5.12. The second-order valence-corrected chi connectivity index (χ2v) is 5.69. The van der Waals surface area contributed by atoms with Gasteiger partial charge in [0.1, 0.15) is 17.1 Å². The lowest BCUT2D eigenvalue weighted by Crippen LogP contribution is -2.00. The van der Waals surface area contributed by atoms with E-state index in [2.05, 4.69) is 27.3 Å². The van der Waals surface area contributed by atoms with E-state index in [0.29, 0.717) is 0 Å². The number of ether oxygens (including phenoxy) is 1. The van der Waals surface area contributed by atoms with Gasteiger partial charge in [0.25, 0.3) is 0 Å². The van der Waals surface area contributed by atoms with Crippen molar-refractivity contribution in [1.29, 1.82) is 0 Å². The van der Waals surface area contributed by atoms with Crippen molar-refractivity contribution in [2.24, 2.45) is 0 Å². The fourth-order valence-electron chi connectivity index (χ4n) is 2.41. The molecule has 108 valence electrons. The summed E-state index contributed by atoms with van der Waals surface area (Å²) < 4.78 is 11.9. The van der Waals surface area contributed by atoms with Crippen molar-refractivity contribution in [2.75, 3.05) is 12.4 Å². The zero-order valence-corrected chi connectivity index (χ0v) is 13.5. The van der Waals surface area contributed by atoms with Crippen LogP contribution in [0.3, 0.4) is 0 Å². The molecule has 0 aliphatic carbocycles. The Hall–Kier alpha value is -1.94. The van der Waals surface area contributed by atoms with Gasteiger partial charge in [0.2, 0.25) is 0 Å².